The smallest absolute Gasteiger partial charge is 0.0388 e. The number of halogens is 1. The van der Waals surface area contributed by atoms with Crippen LogP contribution in [0.1, 0.15) is 5.56 Å². The number of nitrogens with two attached hydrogens (primary N) is 1. The highest BCUT2D eigenvalue weighted by Crippen LogP contribution is 2.19. The molecule has 12 heavy (non-hydrogen) atoms. The van der Waals surface area contributed by atoms with Crippen molar-refractivity contribution in [3.05, 3.63) is 34.3 Å². The Bertz CT molecular complexity index is 297. The van der Waals surface area contributed by atoms with E-state index in [-0.39, 0.29) is 0 Å². The van der Waals surface area contributed by atoms with E-state index in [9.17, 15) is 0 Å². The van der Waals surface area contributed by atoms with Crippen LogP contribution in [0, 0.1) is 0 Å². The van der Waals surface area contributed by atoms with Gasteiger partial charge < -0.3 is 5.73 Å². The standard InChI is InChI=1S/C9H10BrNS/c10-8-3-4-9(11)7(6-8)2-1-5-12/h1-4,6,12H,5,11H2. The summed E-state index contributed by atoms with van der Waals surface area (Å²) in [6.45, 7) is 0. The molecular formula is C9H10BrNS. The van der Waals surface area contributed by atoms with Gasteiger partial charge in [-0.25, -0.2) is 0 Å². The van der Waals surface area contributed by atoms with Crippen LogP contribution in [0.15, 0.2) is 28.7 Å². The van der Waals surface area contributed by atoms with Crippen LogP contribution in [0.4, 0.5) is 5.69 Å². The molecule has 1 rings (SSSR count). The highest BCUT2D eigenvalue weighted by atomic mass is 79.9. The zero-order chi connectivity index (χ0) is 8.97. The average molecular weight is 244 g/mol. The van der Waals surface area contributed by atoms with Gasteiger partial charge >= 0.3 is 0 Å². The summed E-state index contributed by atoms with van der Waals surface area (Å²) in [6, 6.07) is 5.78. The SMILES string of the molecule is Nc1ccc(Br)cc1C=CCS. The first-order valence-electron chi connectivity index (χ1n) is 3.56. The van der Waals surface area contributed by atoms with Crippen LogP contribution in [0.5, 0.6) is 0 Å². The third-order valence-corrected chi connectivity index (χ3v) is 2.16. The van der Waals surface area contributed by atoms with Gasteiger partial charge in [0.25, 0.3) is 0 Å². The van der Waals surface area contributed by atoms with Crippen LogP contribution >= 0.6 is 28.6 Å². The number of hydrogen-bond acceptors (Lipinski definition) is 2. The van der Waals surface area contributed by atoms with E-state index in [4.69, 9.17) is 5.73 Å². The molecule has 0 heterocycles. The maximum absolute atomic E-state index is 5.73. The fourth-order valence-electron chi connectivity index (χ4n) is 0.870. The Labute approximate surface area is 86.2 Å². The van der Waals surface area contributed by atoms with Gasteiger partial charge in [0, 0.05) is 15.9 Å². The van der Waals surface area contributed by atoms with Crippen LogP contribution in [0.3, 0.4) is 0 Å². The second kappa shape index (κ2) is 4.58. The number of rotatable bonds is 2. The van der Waals surface area contributed by atoms with E-state index in [0.29, 0.717) is 0 Å². The summed E-state index contributed by atoms with van der Waals surface area (Å²) in [4.78, 5) is 0. The molecule has 3 heteroatoms. The van der Waals surface area contributed by atoms with E-state index in [2.05, 4.69) is 28.6 Å². The second-order valence-electron chi connectivity index (χ2n) is 2.36. The van der Waals surface area contributed by atoms with Gasteiger partial charge in [0.1, 0.15) is 0 Å². The lowest BCUT2D eigenvalue weighted by molar-refractivity contribution is 1.59. The van der Waals surface area contributed by atoms with Crippen LogP contribution in [-0.2, 0) is 0 Å². The summed E-state index contributed by atoms with van der Waals surface area (Å²) in [5.41, 5.74) is 7.55. The molecule has 64 valence electrons. The summed E-state index contributed by atoms with van der Waals surface area (Å²) in [7, 11) is 0. The molecular weight excluding hydrogens is 234 g/mol. The lowest BCUT2D eigenvalue weighted by atomic mass is 10.2. The van der Waals surface area contributed by atoms with Crippen molar-refractivity contribution in [3.63, 3.8) is 0 Å². The first-order valence-corrected chi connectivity index (χ1v) is 4.99. The number of nitrogen functional groups attached to an aromatic ring is 1. The highest BCUT2D eigenvalue weighted by molar-refractivity contribution is 9.10. The molecule has 0 aromatic heterocycles. The molecule has 2 N–H and O–H groups in total. The Balaban J connectivity index is 2.97. The van der Waals surface area contributed by atoms with Gasteiger partial charge in [0.2, 0.25) is 0 Å². The Morgan fingerprint density at radius 2 is 2.25 bits per heavy atom. The summed E-state index contributed by atoms with van der Waals surface area (Å²) in [6.07, 6.45) is 3.92. The van der Waals surface area contributed by atoms with Crippen molar-refractivity contribution in [2.24, 2.45) is 0 Å². The molecule has 0 saturated heterocycles. The average Bonchev–Trinajstić information content (AvgIpc) is 2.07. The number of anilines is 1. The van der Waals surface area contributed by atoms with Crippen molar-refractivity contribution in [3.8, 4) is 0 Å². The van der Waals surface area contributed by atoms with Gasteiger partial charge in [0.05, 0.1) is 0 Å². The molecule has 0 bridgehead atoms. The molecule has 0 aliphatic rings. The normalized spacial score (nSPS) is 10.8. The topological polar surface area (TPSA) is 26.0 Å². The molecule has 0 saturated carbocycles. The molecule has 0 radical (unpaired) electrons. The van der Waals surface area contributed by atoms with Crippen molar-refractivity contribution in [1.29, 1.82) is 0 Å². The summed E-state index contributed by atoms with van der Waals surface area (Å²) >= 11 is 7.45. The monoisotopic (exact) mass is 243 g/mol. The molecule has 0 atom stereocenters. The van der Waals surface area contributed by atoms with Crippen molar-refractivity contribution < 1.29 is 0 Å². The molecule has 1 aromatic rings. The minimum atomic E-state index is 0.728. The Kier molecular flexibility index (Phi) is 3.69. The van der Waals surface area contributed by atoms with Crippen LogP contribution in [0.25, 0.3) is 6.08 Å². The quantitative estimate of drug-likeness (QED) is 0.607. The van der Waals surface area contributed by atoms with E-state index < -0.39 is 0 Å². The van der Waals surface area contributed by atoms with Crippen LogP contribution in [-0.4, -0.2) is 5.75 Å². The maximum atomic E-state index is 5.73. The minimum Gasteiger partial charge on any atom is -0.398 e. The van der Waals surface area contributed by atoms with Gasteiger partial charge in [-0.1, -0.05) is 28.1 Å². The third-order valence-electron chi connectivity index (χ3n) is 1.45. The van der Waals surface area contributed by atoms with Gasteiger partial charge in [-0.15, -0.1) is 0 Å². The Morgan fingerprint density at radius 3 is 2.92 bits per heavy atom. The minimum absolute atomic E-state index is 0.728. The van der Waals surface area contributed by atoms with E-state index in [1.54, 1.807) is 0 Å². The number of benzene rings is 1. The maximum Gasteiger partial charge on any atom is 0.0388 e. The van der Waals surface area contributed by atoms with Gasteiger partial charge in [-0.05, 0) is 23.8 Å². The van der Waals surface area contributed by atoms with Gasteiger partial charge in [0.15, 0.2) is 0 Å². The first kappa shape index (κ1) is 9.68. The van der Waals surface area contributed by atoms with E-state index in [1.165, 1.54) is 0 Å². The van der Waals surface area contributed by atoms with Crippen molar-refractivity contribution in [2.75, 3.05) is 11.5 Å². The number of hydrogen-bond donors (Lipinski definition) is 2. The first-order chi connectivity index (χ1) is 5.74. The Hall–Kier alpha value is -0.410. The summed E-state index contributed by atoms with van der Waals surface area (Å²) in [5, 5.41) is 0. The Morgan fingerprint density at radius 1 is 1.50 bits per heavy atom. The predicted molar refractivity (Wildman–Crippen MR) is 61.4 cm³/mol. The molecule has 0 spiro atoms. The van der Waals surface area contributed by atoms with Crippen molar-refractivity contribution >= 4 is 40.3 Å². The van der Waals surface area contributed by atoms with E-state index >= 15 is 0 Å². The third kappa shape index (κ3) is 2.57. The molecule has 0 aliphatic carbocycles. The predicted octanol–water partition coefficient (Wildman–Crippen LogP) is 2.97. The largest absolute Gasteiger partial charge is 0.398 e. The lowest BCUT2D eigenvalue weighted by Crippen LogP contribution is -1.88. The fourth-order valence-corrected chi connectivity index (χ4v) is 1.35. The molecule has 1 nitrogen and oxygen atoms in total. The molecule has 1 aromatic carbocycles. The second-order valence-corrected chi connectivity index (χ2v) is 3.64. The van der Waals surface area contributed by atoms with Crippen molar-refractivity contribution in [2.45, 2.75) is 0 Å². The fraction of sp³-hybridized carbons (Fsp3) is 0.111. The van der Waals surface area contributed by atoms with Gasteiger partial charge in [-0.2, -0.15) is 12.6 Å². The highest BCUT2D eigenvalue weighted by Gasteiger charge is 1.94. The van der Waals surface area contributed by atoms with Gasteiger partial charge in [-0.3, -0.25) is 0 Å². The van der Waals surface area contributed by atoms with Crippen LogP contribution in [0.2, 0.25) is 0 Å². The molecule has 0 fully saturated rings. The van der Waals surface area contributed by atoms with E-state index in [1.807, 2.05) is 30.4 Å². The molecule has 0 aliphatic heterocycles. The number of thiol groups is 1. The lowest BCUT2D eigenvalue weighted by Gasteiger charge is -1.99. The summed E-state index contributed by atoms with van der Waals surface area (Å²) < 4.78 is 1.04. The molecule has 0 unspecified atom stereocenters. The van der Waals surface area contributed by atoms with Crippen molar-refractivity contribution in [1.82, 2.24) is 0 Å². The zero-order valence-electron chi connectivity index (χ0n) is 6.50. The van der Waals surface area contributed by atoms with E-state index in [0.717, 1.165) is 21.5 Å². The van der Waals surface area contributed by atoms with Crippen LogP contribution < -0.4 is 5.73 Å². The zero-order valence-corrected chi connectivity index (χ0v) is 8.98. The summed E-state index contributed by atoms with van der Waals surface area (Å²) in [5.74, 6) is 0.728. The molecule has 0 amide bonds.